The Kier molecular flexibility index (Phi) is 11.4. The topological polar surface area (TPSA) is 85.3 Å². The number of aliphatic carboxylic acids is 1. The number of amides is 1. The van der Waals surface area contributed by atoms with Gasteiger partial charge >= 0.3 is 12.1 Å². The molecule has 7 nitrogen and oxygen atoms in total. The lowest BCUT2D eigenvalue weighted by molar-refractivity contribution is -0.149. The van der Waals surface area contributed by atoms with Gasteiger partial charge in [0.1, 0.15) is 18.1 Å². The molecule has 1 N–H and O–H groups in total. The van der Waals surface area contributed by atoms with Gasteiger partial charge in [0.05, 0.1) is 6.54 Å². The third kappa shape index (κ3) is 9.06. The predicted molar refractivity (Wildman–Crippen MR) is 132 cm³/mol. The summed E-state index contributed by atoms with van der Waals surface area (Å²) in [5.74, 6) is 0.596. The van der Waals surface area contributed by atoms with Crippen molar-refractivity contribution < 1.29 is 28.9 Å². The fraction of sp³-hybridized carbons (Fsp3) is 0.481. The van der Waals surface area contributed by atoms with Crippen molar-refractivity contribution in [3.05, 3.63) is 59.7 Å². The van der Waals surface area contributed by atoms with E-state index in [1.807, 2.05) is 37.3 Å². The minimum absolute atomic E-state index is 0.289. The Balaban J connectivity index is 1.95. The van der Waals surface area contributed by atoms with Crippen molar-refractivity contribution in [1.29, 1.82) is 0 Å². The van der Waals surface area contributed by atoms with Crippen LogP contribution in [0.5, 0.6) is 11.5 Å². The number of aryl methyl sites for hydroxylation is 1. The van der Waals surface area contributed by atoms with Gasteiger partial charge in [0.25, 0.3) is 0 Å². The maximum absolute atomic E-state index is 12.9. The SMILES string of the molecule is CCOC(Cc1ccc(OCCN(CC(CC)CC)C(=O)Oc2cccc(C)c2)cc1)C(=O)O. The van der Waals surface area contributed by atoms with Gasteiger partial charge < -0.3 is 24.2 Å². The Morgan fingerprint density at radius 2 is 1.71 bits per heavy atom. The summed E-state index contributed by atoms with van der Waals surface area (Å²) in [6.07, 6.45) is 0.998. The molecular weight excluding hydrogens is 434 g/mol. The van der Waals surface area contributed by atoms with Gasteiger partial charge in [-0.05, 0) is 55.2 Å². The lowest BCUT2D eigenvalue weighted by atomic mass is 10.0. The molecule has 0 aliphatic carbocycles. The Bertz CT molecular complexity index is 894. The first-order valence-corrected chi connectivity index (χ1v) is 12.0. The predicted octanol–water partition coefficient (Wildman–Crippen LogP) is 5.34. The van der Waals surface area contributed by atoms with Crippen LogP contribution in [0.2, 0.25) is 0 Å². The van der Waals surface area contributed by atoms with Gasteiger partial charge in [0, 0.05) is 19.6 Å². The quantitative estimate of drug-likeness (QED) is 0.400. The molecule has 0 fully saturated rings. The van der Waals surface area contributed by atoms with E-state index in [-0.39, 0.29) is 12.5 Å². The van der Waals surface area contributed by atoms with Crippen LogP contribution in [0, 0.1) is 12.8 Å². The minimum atomic E-state index is -0.975. The second-order valence-electron chi connectivity index (χ2n) is 8.29. The molecule has 1 atom stereocenters. The molecule has 0 radical (unpaired) electrons. The summed E-state index contributed by atoms with van der Waals surface area (Å²) >= 11 is 0. The van der Waals surface area contributed by atoms with E-state index in [4.69, 9.17) is 14.2 Å². The summed E-state index contributed by atoms with van der Waals surface area (Å²) in [6.45, 7) is 9.64. The third-order valence-electron chi connectivity index (χ3n) is 5.70. The largest absolute Gasteiger partial charge is 0.492 e. The lowest BCUT2D eigenvalue weighted by Gasteiger charge is -2.26. The Morgan fingerprint density at radius 3 is 2.29 bits per heavy atom. The maximum Gasteiger partial charge on any atom is 0.415 e. The lowest BCUT2D eigenvalue weighted by Crippen LogP contribution is -2.40. The summed E-state index contributed by atoms with van der Waals surface area (Å²) in [6, 6.07) is 14.7. The molecule has 1 unspecified atom stereocenters. The second kappa shape index (κ2) is 14.3. The van der Waals surface area contributed by atoms with Crippen LogP contribution in [-0.2, 0) is 16.0 Å². The summed E-state index contributed by atoms with van der Waals surface area (Å²) in [7, 11) is 0. The van der Waals surface area contributed by atoms with E-state index in [2.05, 4.69) is 13.8 Å². The molecule has 0 aliphatic rings. The monoisotopic (exact) mass is 471 g/mol. The highest BCUT2D eigenvalue weighted by Crippen LogP contribution is 2.17. The van der Waals surface area contributed by atoms with Gasteiger partial charge in [-0.25, -0.2) is 9.59 Å². The number of hydrogen-bond donors (Lipinski definition) is 1. The number of carbonyl (C=O) groups excluding carboxylic acids is 1. The smallest absolute Gasteiger partial charge is 0.415 e. The summed E-state index contributed by atoms with van der Waals surface area (Å²) in [5.41, 5.74) is 1.88. The number of carboxylic acids is 1. The molecule has 0 spiro atoms. The van der Waals surface area contributed by atoms with Crippen LogP contribution in [0.15, 0.2) is 48.5 Å². The molecule has 1 amide bonds. The van der Waals surface area contributed by atoms with Crippen LogP contribution in [0.4, 0.5) is 4.79 Å². The minimum Gasteiger partial charge on any atom is -0.492 e. The van der Waals surface area contributed by atoms with Gasteiger partial charge in [-0.15, -0.1) is 0 Å². The zero-order chi connectivity index (χ0) is 24.9. The third-order valence-corrected chi connectivity index (χ3v) is 5.70. The zero-order valence-electron chi connectivity index (χ0n) is 20.7. The molecule has 2 aromatic rings. The standard InChI is InChI=1S/C27H37NO6/c1-5-21(6-2)19-28(27(31)34-24-10-8-9-20(4)17-24)15-16-33-23-13-11-22(12-14-23)18-25(26(29)30)32-7-3/h8-14,17,21,25H,5-7,15-16,18-19H2,1-4H3,(H,29,30). The zero-order valence-corrected chi connectivity index (χ0v) is 20.7. The number of hydrogen-bond acceptors (Lipinski definition) is 5. The van der Waals surface area contributed by atoms with Crippen molar-refractivity contribution in [1.82, 2.24) is 4.90 Å². The summed E-state index contributed by atoms with van der Waals surface area (Å²) < 4.78 is 16.7. The highest BCUT2D eigenvalue weighted by molar-refractivity contribution is 5.72. The number of benzene rings is 2. The van der Waals surface area contributed by atoms with Crippen molar-refractivity contribution in [3.8, 4) is 11.5 Å². The van der Waals surface area contributed by atoms with E-state index in [0.717, 1.165) is 24.0 Å². The number of rotatable bonds is 14. The van der Waals surface area contributed by atoms with Crippen molar-refractivity contribution in [2.45, 2.75) is 53.1 Å². The van der Waals surface area contributed by atoms with Gasteiger partial charge in [-0.2, -0.15) is 0 Å². The first kappa shape index (κ1) is 27.2. The first-order chi connectivity index (χ1) is 16.4. The van der Waals surface area contributed by atoms with Crippen LogP contribution in [0.25, 0.3) is 0 Å². The highest BCUT2D eigenvalue weighted by atomic mass is 16.6. The summed E-state index contributed by atoms with van der Waals surface area (Å²) in [4.78, 5) is 25.9. The van der Waals surface area contributed by atoms with E-state index in [0.29, 0.717) is 43.7 Å². The normalized spacial score (nSPS) is 11.8. The van der Waals surface area contributed by atoms with Crippen LogP contribution >= 0.6 is 0 Å². The van der Waals surface area contributed by atoms with E-state index in [1.54, 1.807) is 30.0 Å². The molecular formula is C27H37NO6. The van der Waals surface area contributed by atoms with Gasteiger partial charge in [-0.1, -0.05) is 51.0 Å². The Morgan fingerprint density at radius 1 is 1.00 bits per heavy atom. The number of ether oxygens (including phenoxy) is 3. The highest BCUT2D eigenvalue weighted by Gasteiger charge is 2.20. The molecule has 0 saturated heterocycles. The molecule has 186 valence electrons. The molecule has 0 bridgehead atoms. The Hall–Kier alpha value is -3.06. The number of nitrogens with zero attached hydrogens (tertiary/aromatic N) is 1. The van der Waals surface area contributed by atoms with E-state index < -0.39 is 12.1 Å². The molecule has 0 aromatic heterocycles. The van der Waals surface area contributed by atoms with E-state index in [9.17, 15) is 14.7 Å². The van der Waals surface area contributed by atoms with E-state index in [1.165, 1.54) is 0 Å². The van der Waals surface area contributed by atoms with Crippen molar-refractivity contribution in [2.75, 3.05) is 26.3 Å². The van der Waals surface area contributed by atoms with E-state index >= 15 is 0 Å². The second-order valence-corrected chi connectivity index (χ2v) is 8.29. The number of carboxylic acid groups (broad SMARTS) is 1. The molecule has 0 saturated carbocycles. The average molecular weight is 472 g/mol. The molecule has 34 heavy (non-hydrogen) atoms. The van der Waals surface area contributed by atoms with Crippen molar-refractivity contribution >= 4 is 12.1 Å². The van der Waals surface area contributed by atoms with Crippen LogP contribution in [0.3, 0.4) is 0 Å². The molecule has 0 heterocycles. The maximum atomic E-state index is 12.9. The van der Waals surface area contributed by atoms with Crippen molar-refractivity contribution in [3.63, 3.8) is 0 Å². The Labute approximate surface area is 202 Å². The fourth-order valence-electron chi connectivity index (χ4n) is 3.59. The summed E-state index contributed by atoms with van der Waals surface area (Å²) in [5, 5.41) is 9.25. The molecule has 2 rings (SSSR count). The van der Waals surface area contributed by atoms with Gasteiger partial charge in [0.15, 0.2) is 6.10 Å². The van der Waals surface area contributed by atoms with Gasteiger partial charge in [-0.3, -0.25) is 0 Å². The molecule has 7 heteroatoms. The number of carbonyl (C=O) groups is 2. The van der Waals surface area contributed by atoms with Crippen LogP contribution in [0.1, 0.15) is 44.7 Å². The van der Waals surface area contributed by atoms with Crippen molar-refractivity contribution in [2.24, 2.45) is 5.92 Å². The molecule has 0 aliphatic heterocycles. The molecule has 2 aromatic carbocycles. The fourth-order valence-corrected chi connectivity index (χ4v) is 3.59. The van der Waals surface area contributed by atoms with Gasteiger partial charge in [0.2, 0.25) is 0 Å². The van der Waals surface area contributed by atoms with Crippen LogP contribution < -0.4 is 9.47 Å². The first-order valence-electron chi connectivity index (χ1n) is 12.0. The van der Waals surface area contributed by atoms with Crippen LogP contribution in [-0.4, -0.2) is 54.5 Å². The average Bonchev–Trinajstić information content (AvgIpc) is 2.82.